The number of anilines is 3. The molecule has 8 nitrogen and oxygen atoms in total. The van der Waals surface area contributed by atoms with E-state index in [4.69, 9.17) is 16.3 Å². The zero-order valence-corrected chi connectivity index (χ0v) is 17.6. The molecule has 0 radical (unpaired) electrons. The van der Waals surface area contributed by atoms with Crippen molar-refractivity contribution in [2.24, 2.45) is 0 Å². The summed E-state index contributed by atoms with van der Waals surface area (Å²) in [5.74, 6) is -0.314. The lowest BCUT2D eigenvalue weighted by Crippen LogP contribution is -2.45. The molecule has 0 saturated carbocycles. The van der Waals surface area contributed by atoms with E-state index in [-0.39, 0.29) is 24.5 Å². The molecular formula is C22H23ClN4O4. The lowest BCUT2D eigenvalue weighted by atomic mass is 10.2. The molecule has 4 rings (SSSR count). The predicted molar refractivity (Wildman–Crippen MR) is 118 cm³/mol. The van der Waals surface area contributed by atoms with Gasteiger partial charge in [0.1, 0.15) is 12.6 Å². The first-order valence-corrected chi connectivity index (χ1v) is 10.5. The van der Waals surface area contributed by atoms with Crippen molar-refractivity contribution < 1.29 is 19.1 Å². The molecule has 162 valence electrons. The Morgan fingerprint density at radius 2 is 1.65 bits per heavy atom. The van der Waals surface area contributed by atoms with Gasteiger partial charge in [0.15, 0.2) is 0 Å². The number of halogens is 1. The van der Waals surface area contributed by atoms with Crippen LogP contribution in [0.2, 0.25) is 5.02 Å². The number of carbonyl (C=O) groups excluding carboxylic acids is 3. The number of hydrogen-bond donors (Lipinski definition) is 2. The van der Waals surface area contributed by atoms with Gasteiger partial charge in [-0.15, -0.1) is 0 Å². The highest BCUT2D eigenvalue weighted by Crippen LogP contribution is 2.23. The van der Waals surface area contributed by atoms with Gasteiger partial charge in [-0.3, -0.25) is 9.59 Å². The third-order valence-corrected chi connectivity index (χ3v) is 5.60. The van der Waals surface area contributed by atoms with Crippen LogP contribution in [0.5, 0.6) is 0 Å². The number of carbonyl (C=O) groups is 3. The molecule has 2 aromatic rings. The number of morpholine rings is 1. The smallest absolute Gasteiger partial charge is 0.322 e. The van der Waals surface area contributed by atoms with Crippen LogP contribution in [0.3, 0.4) is 0 Å². The molecular weight excluding hydrogens is 420 g/mol. The standard InChI is InChI=1S/C22H23ClN4O4/c23-15-3-5-16(6-4-15)24-21(29)19-2-1-11-27(19)22(30)25-17-7-9-18(10-8-17)26-12-13-31-14-20(26)28/h3-10,19H,1-2,11-14H2,(H,24,29)(H,25,30)/t19-/m0/s1. The third kappa shape index (κ3) is 4.98. The number of amides is 4. The van der Waals surface area contributed by atoms with E-state index in [2.05, 4.69) is 10.6 Å². The summed E-state index contributed by atoms with van der Waals surface area (Å²) in [6, 6.07) is 13.0. The van der Waals surface area contributed by atoms with Crippen molar-refractivity contribution >= 4 is 46.5 Å². The summed E-state index contributed by atoms with van der Waals surface area (Å²) in [7, 11) is 0. The number of rotatable bonds is 4. The van der Waals surface area contributed by atoms with E-state index in [9.17, 15) is 14.4 Å². The normalized spacial score (nSPS) is 18.7. The Morgan fingerprint density at radius 3 is 2.35 bits per heavy atom. The van der Waals surface area contributed by atoms with Crippen LogP contribution in [0, 0.1) is 0 Å². The molecule has 0 aromatic heterocycles. The lowest BCUT2D eigenvalue weighted by molar-refractivity contribution is -0.125. The van der Waals surface area contributed by atoms with Gasteiger partial charge in [-0.2, -0.15) is 0 Å². The number of benzene rings is 2. The molecule has 9 heteroatoms. The van der Waals surface area contributed by atoms with Crippen LogP contribution in [-0.4, -0.2) is 55.1 Å². The number of likely N-dealkylation sites (tertiary alicyclic amines) is 1. The number of urea groups is 1. The predicted octanol–water partition coefficient (Wildman–Crippen LogP) is 3.34. The minimum atomic E-state index is -0.541. The summed E-state index contributed by atoms with van der Waals surface area (Å²) in [5, 5.41) is 6.27. The van der Waals surface area contributed by atoms with Crippen LogP contribution in [0.4, 0.5) is 21.9 Å². The molecule has 2 fully saturated rings. The second-order valence-electron chi connectivity index (χ2n) is 7.42. The van der Waals surface area contributed by atoms with Crippen molar-refractivity contribution in [2.75, 3.05) is 41.8 Å². The summed E-state index contributed by atoms with van der Waals surface area (Å²) < 4.78 is 5.15. The molecule has 2 aromatic carbocycles. The van der Waals surface area contributed by atoms with Gasteiger partial charge in [-0.05, 0) is 61.4 Å². The van der Waals surface area contributed by atoms with Crippen molar-refractivity contribution in [3.8, 4) is 0 Å². The zero-order chi connectivity index (χ0) is 21.8. The summed E-state index contributed by atoms with van der Waals surface area (Å²) in [6.45, 7) is 1.58. The van der Waals surface area contributed by atoms with Crippen LogP contribution < -0.4 is 15.5 Å². The number of nitrogens with one attached hydrogen (secondary N) is 2. The van der Waals surface area contributed by atoms with Crippen molar-refractivity contribution in [1.29, 1.82) is 0 Å². The van der Waals surface area contributed by atoms with Gasteiger partial charge < -0.3 is 25.2 Å². The average molecular weight is 443 g/mol. The Labute approximate surface area is 185 Å². The van der Waals surface area contributed by atoms with Crippen LogP contribution in [-0.2, 0) is 14.3 Å². The van der Waals surface area contributed by atoms with E-state index < -0.39 is 6.04 Å². The largest absolute Gasteiger partial charge is 0.370 e. The molecule has 0 unspecified atom stereocenters. The molecule has 4 amide bonds. The van der Waals surface area contributed by atoms with Crippen LogP contribution in [0.1, 0.15) is 12.8 Å². The SMILES string of the molecule is O=C(Nc1ccc(Cl)cc1)[C@@H]1CCCN1C(=O)Nc1ccc(N2CCOCC2=O)cc1. The second kappa shape index (κ2) is 9.36. The van der Waals surface area contributed by atoms with E-state index in [1.807, 2.05) is 0 Å². The fourth-order valence-corrected chi connectivity index (χ4v) is 3.88. The Balaban J connectivity index is 1.37. The van der Waals surface area contributed by atoms with Crippen molar-refractivity contribution in [3.63, 3.8) is 0 Å². The summed E-state index contributed by atoms with van der Waals surface area (Å²) >= 11 is 5.88. The third-order valence-electron chi connectivity index (χ3n) is 5.34. The zero-order valence-electron chi connectivity index (χ0n) is 16.8. The Hall–Kier alpha value is -3.10. The maximum atomic E-state index is 12.8. The first kappa shape index (κ1) is 21.1. The molecule has 31 heavy (non-hydrogen) atoms. The van der Waals surface area contributed by atoms with E-state index in [1.54, 1.807) is 58.3 Å². The van der Waals surface area contributed by atoms with Gasteiger partial charge in [-0.25, -0.2) is 4.79 Å². The first-order chi connectivity index (χ1) is 15.0. The number of hydrogen-bond acceptors (Lipinski definition) is 4. The minimum Gasteiger partial charge on any atom is -0.370 e. The van der Waals surface area contributed by atoms with Gasteiger partial charge in [0.25, 0.3) is 5.91 Å². The highest BCUT2D eigenvalue weighted by molar-refractivity contribution is 6.30. The van der Waals surface area contributed by atoms with Gasteiger partial charge >= 0.3 is 6.03 Å². The van der Waals surface area contributed by atoms with Crippen molar-refractivity contribution in [1.82, 2.24) is 4.90 Å². The summed E-state index contributed by atoms with van der Waals surface area (Å²) in [5.41, 5.74) is 1.99. The molecule has 2 saturated heterocycles. The Bertz CT molecular complexity index is 964. The van der Waals surface area contributed by atoms with E-state index in [0.29, 0.717) is 42.5 Å². The van der Waals surface area contributed by atoms with Crippen LogP contribution in [0.15, 0.2) is 48.5 Å². The summed E-state index contributed by atoms with van der Waals surface area (Å²) in [4.78, 5) is 40.7. The lowest BCUT2D eigenvalue weighted by Gasteiger charge is -2.27. The fourth-order valence-electron chi connectivity index (χ4n) is 3.75. The molecule has 2 heterocycles. The van der Waals surface area contributed by atoms with Gasteiger partial charge in [0.05, 0.1) is 6.61 Å². The maximum absolute atomic E-state index is 12.8. The Kier molecular flexibility index (Phi) is 6.39. The molecule has 0 aliphatic carbocycles. The molecule has 1 atom stereocenters. The molecule has 0 bridgehead atoms. The monoisotopic (exact) mass is 442 g/mol. The number of nitrogens with zero attached hydrogens (tertiary/aromatic N) is 2. The molecule has 0 spiro atoms. The average Bonchev–Trinajstić information content (AvgIpc) is 3.27. The summed E-state index contributed by atoms with van der Waals surface area (Å²) in [6.07, 6.45) is 1.36. The quantitative estimate of drug-likeness (QED) is 0.759. The van der Waals surface area contributed by atoms with Gasteiger partial charge in [0, 0.05) is 35.2 Å². The second-order valence-corrected chi connectivity index (χ2v) is 7.86. The van der Waals surface area contributed by atoms with E-state index >= 15 is 0 Å². The Morgan fingerprint density at radius 1 is 0.968 bits per heavy atom. The molecule has 2 N–H and O–H groups in total. The highest BCUT2D eigenvalue weighted by atomic mass is 35.5. The minimum absolute atomic E-state index is 0.0763. The highest BCUT2D eigenvalue weighted by Gasteiger charge is 2.34. The maximum Gasteiger partial charge on any atom is 0.322 e. The van der Waals surface area contributed by atoms with E-state index in [1.165, 1.54) is 0 Å². The fraction of sp³-hybridized carbons (Fsp3) is 0.318. The van der Waals surface area contributed by atoms with Crippen molar-refractivity contribution in [3.05, 3.63) is 53.6 Å². The van der Waals surface area contributed by atoms with Crippen LogP contribution in [0.25, 0.3) is 0 Å². The first-order valence-electron chi connectivity index (χ1n) is 10.1. The van der Waals surface area contributed by atoms with Gasteiger partial charge in [0.2, 0.25) is 5.91 Å². The van der Waals surface area contributed by atoms with Crippen LogP contribution >= 0.6 is 11.6 Å². The molecule has 2 aliphatic heterocycles. The van der Waals surface area contributed by atoms with E-state index in [0.717, 1.165) is 12.1 Å². The van der Waals surface area contributed by atoms with Gasteiger partial charge in [-0.1, -0.05) is 11.6 Å². The van der Waals surface area contributed by atoms with Crippen molar-refractivity contribution in [2.45, 2.75) is 18.9 Å². The topological polar surface area (TPSA) is 91.0 Å². The number of ether oxygens (including phenoxy) is 1. The molecule has 2 aliphatic rings.